The number of aromatic amines is 2. The second-order valence-electron chi connectivity index (χ2n) is 29.2. The summed E-state index contributed by atoms with van der Waals surface area (Å²) in [7, 11) is 0. The molecule has 0 saturated heterocycles. The molecule has 0 unspecified atom stereocenters. The Morgan fingerprint density at radius 2 is 0.392 bits per heavy atom. The number of hydrogen-bond acceptors (Lipinski definition) is 18. The highest BCUT2D eigenvalue weighted by Crippen LogP contribution is 2.44. The summed E-state index contributed by atoms with van der Waals surface area (Å²) in [6, 6.07) is 28.0. The predicted octanol–water partition coefficient (Wildman–Crippen LogP) is 13.7. The van der Waals surface area contributed by atoms with E-state index < -0.39 is 0 Å². The van der Waals surface area contributed by atoms with Crippen molar-refractivity contribution < 1.29 is 76.3 Å². The van der Waals surface area contributed by atoms with Crippen molar-refractivity contribution in [2.75, 3.05) is 105 Å². The number of hydrogen-bond donors (Lipinski definition) is 10. The maximum absolute atomic E-state index is 13.5. The van der Waals surface area contributed by atoms with Crippen LogP contribution in [0, 0.1) is 0 Å². The van der Waals surface area contributed by atoms with Gasteiger partial charge in [-0.1, -0.05) is 107 Å². The van der Waals surface area contributed by atoms with Crippen LogP contribution in [0.15, 0.2) is 97.1 Å². The third-order valence-corrected chi connectivity index (χ3v) is 19.2. The maximum atomic E-state index is 13.5. The van der Waals surface area contributed by atoms with Crippen LogP contribution in [0.3, 0.4) is 0 Å². The number of unbranched alkanes of at least 4 members (excludes halogenated alkanes) is 8. The van der Waals surface area contributed by atoms with E-state index in [4.69, 9.17) is 47.9 Å². The van der Waals surface area contributed by atoms with Crippen LogP contribution in [0.25, 0.3) is 90.9 Å². The van der Waals surface area contributed by atoms with Crippen molar-refractivity contribution in [1.82, 2.24) is 62.5 Å². The Bertz CT molecular complexity index is 4110. The number of fused-ring (bicyclic) bond motifs is 8. The number of nitrogens with one attached hydrogen (secondary N) is 10. The summed E-state index contributed by atoms with van der Waals surface area (Å²) in [6.45, 7) is 16.9. The molecule has 2 aliphatic rings. The first-order valence-corrected chi connectivity index (χ1v) is 42.4. The number of H-pyrrole nitrogens is 2. The van der Waals surface area contributed by atoms with Gasteiger partial charge in [0.25, 0.3) is 47.3 Å². The first kappa shape index (κ1) is 91.5. The van der Waals surface area contributed by atoms with Gasteiger partial charge in [0.1, 0.15) is 46.0 Å². The molecule has 3 aromatic heterocycles. The van der Waals surface area contributed by atoms with Gasteiger partial charge < -0.3 is 90.4 Å². The quantitative estimate of drug-likeness (QED) is 0.0158. The third-order valence-electron chi connectivity index (χ3n) is 19.2. The van der Waals surface area contributed by atoms with E-state index in [1.54, 1.807) is 72.8 Å². The predicted molar refractivity (Wildman–Crippen MR) is 468 cm³/mol. The van der Waals surface area contributed by atoms with Gasteiger partial charge in [0, 0.05) is 121 Å². The summed E-state index contributed by atoms with van der Waals surface area (Å²) in [6.07, 6.45) is 20.4. The van der Waals surface area contributed by atoms with Gasteiger partial charge in [-0.3, -0.25) is 38.4 Å². The summed E-state index contributed by atoms with van der Waals surface area (Å²) in [4.78, 5) is 127. The molecule has 2 aliphatic heterocycles. The van der Waals surface area contributed by atoms with E-state index in [1.807, 2.05) is 104 Å². The van der Waals surface area contributed by atoms with Crippen molar-refractivity contribution in [2.24, 2.45) is 0 Å². The minimum Gasteiger partial charge on any atom is -0.484 e. The summed E-state index contributed by atoms with van der Waals surface area (Å²) in [5.74, 6) is -1.06. The summed E-state index contributed by atoms with van der Waals surface area (Å²) in [5, 5.41) is 23.4. The number of amides is 8. The van der Waals surface area contributed by atoms with Gasteiger partial charge in [0.2, 0.25) is 0 Å². The van der Waals surface area contributed by atoms with Crippen molar-refractivity contribution in [3.8, 4) is 90.5 Å². The fraction of sp³-hybridized carbons (Fsp3) is 0.435. The molecule has 5 heterocycles. The monoisotopic (exact) mass is 1650 g/mol. The Kier molecular flexibility index (Phi) is 37.5. The van der Waals surface area contributed by atoms with E-state index in [1.165, 1.54) is 0 Å². The molecule has 0 atom stereocenters. The minimum atomic E-state index is -0.361. The van der Waals surface area contributed by atoms with Crippen LogP contribution in [0.4, 0.5) is 0 Å². The van der Waals surface area contributed by atoms with Gasteiger partial charge in [-0.2, -0.15) is 0 Å². The van der Waals surface area contributed by atoms with E-state index in [0.29, 0.717) is 142 Å². The SMILES string of the molecule is CCCCNC(=O)COc1cc(OCC(=O)NCCCC)cc(-c2c3nc(c(-c4cc(OCC(=O)NCCCC)cc(OCC(=O)NCCCC)c4)c4ccc([nH]4)c(-c4cc(OCC(=O)NCCCC)cc(OCC(=O)NCCCC)c4)c4nc(c(-c5cc(OCC(=O)NCCCC)cc(OCC(=O)NCCCC)c5)c5ccc2[nH]5)C=C4)C=C3)c1. The second kappa shape index (κ2) is 49.1. The lowest BCUT2D eigenvalue weighted by Gasteiger charge is -2.14. The van der Waals surface area contributed by atoms with Crippen molar-refractivity contribution >= 4 is 93.6 Å². The van der Waals surface area contributed by atoms with E-state index in [9.17, 15) is 38.4 Å². The lowest BCUT2D eigenvalue weighted by atomic mass is 10.0. The number of carbonyl (C=O) groups is 8. The van der Waals surface area contributed by atoms with Crippen LogP contribution in [0.2, 0.25) is 0 Å². The molecule has 28 nitrogen and oxygen atoms in total. The van der Waals surface area contributed by atoms with E-state index in [0.717, 1.165) is 103 Å². The molecule has 642 valence electrons. The van der Waals surface area contributed by atoms with Crippen LogP contribution < -0.4 is 80.4 Å². The molecule has 0 spiro atoms. The van der Waals surface area contributed by atoms with Gasteiger partial charge in [-0.05, 0) is 171 Å². The molecule has 0 radical (unpaired) electrons. The molecule has 8 bridgehead atoms. The van der Waals surface area contributed by atoms with E-state index in [2.05, 4.69) is 52.5 Å². The van der Waals surface area contributed by atoms with Crippen molar-refractivity contribution in [2.45, 2.75) is 158 Å². The second-order valence-corrected chi connectivity index (χ2v) is 29.2. The third kappa shape index (κ3) is 29.0. The molecule has 9 rings (SSSR count). The molecular weight excluding hydrogens is 1530 g/mol. The first-order valence-electron chi connectivity index (χ1n) is 42.4. The van der Waals surface area contributed by atoms with Crippen LogP contribution in [0.1, 0.15) is 181 Å². The summed E-state index contributed by atoms with van der Waals surface area (Å²) < 4.78 is 50.9. The van der Waals surface area contributed by atoms with Gasteiger partial charge in [-0.25, -0.2) is 9.97 Å². The van der Waals surface area contributed by atoms with Crippen LogP contribution in [0.5, 0.6) is 46.0 Å². The molecular formula is C92H118N12O16. The number of rotatable bonds is 52. The molecule has 28 heteroatoms. The standard InChI is InChI=1S/C92H118N12O16/c1-9-17-33-93-81(105)53-113-65-41-61(42-66(49-65)114-54-82(106)94-34-18-10-2)89-73-25-27-75(101-73)90(62-43-67(115-55-83(107)95-35-19-11-3)50-68(44-62)116-56-84(108)96-36-20-12-4)77-29-31-79(103-77)92(64-47-71(119-59-87(111)99-39-23-15-7)52-72(48-64)120-60-88(112)100-40-24-16-8)80-32-30-78(104-80)91(76-28-26-74(89)102-76)63-45-69(117-57-85(109)97-37-21-13-5)51-70(46-63)118-58-86(110)98-38-22-14-6/h25-32,41-52,101,104H,9-24,33-40,53-60H2,1-8H3,(H,93,105)(H,94,106)(H,95,107)(H,96,108)(H,97,109)(H,98,110)(H,99,111)(H,100,112). The highest BCUT2D eigenvalue weighted by Gasteiger charge is 2.25. The van der Waals surface area contributed by atoms with Gasteiger partial charge in [0.15, 0.2) is 52.9 Å². The fourth-order valence-electron chi connectivity index (χ4n) is 12.8. The van der Waals surface area contributed by atoms with Gasteiger partial charge >= 0.3 is 0 Å². The summed E-state index contributed by atoms with van der Waals surface area (Å²) in [5.41, 5.74) is 7.14. The number of carbonyl (C=O) groups excluding carboxylic acids is 8. The molecule has 0 saturated carbocycles. The Labute approximate surface area is 702 Å². The van der Waals surface area contributed by atoms with Gasteiger partial charge in [-0.15, -0.1) is 0 Å². The number of ether oxygens (including phenoxy) is 8. The number of benzene rings is 4. The lowest BCUT2D eigenvalue weighted by molar-refractivity contribution is -0.123. The van der Waals surface area contributed by atoms with Crippen LogP contribution >= 0.6 is 0 Å². The van der Waals surface area contributed by atoms with Crippen molar-refractivity contribution in [3.63, 3.8) is 0 Å². The molecule has 0 fully saturated rings. The van der Waals surface area contributed by atoms with E-state index >= 15 is 0 Å². The average Bonchev–Trinajstić information content (AvgIpc) is 1.60. The molecule has 7 aromatic rings. The smallest absolute Gasteiger partial charge is 0.257 e. The molecule has 10 N–H and O–H groups in total. The molecule has 120 heavy (non-hydrogen) atoms. The van der Waals surface area contributed by atoms with Crippen LogP contribution in [-0.2, 0) is 38.4 Å². The first-order chi connectivity index (χ1) is 58.4. The summed E-state index contributed by atoms with van der Waals surface area (Å²) >= 11 is 0. The van der Waals surface area contributed by atoms with Crippen molar-refractivity contribution in [3.05, 3.63) is 120 Å². The Morgan fingerprint density at radius 1 is 0.242 bits per heavy atom. The average molecular weight is 1650 g/mol. The Hall–Kier alpha value is -12.4. The zero-order valence-corrected chi connectivity index (χ0v) is 70.6. The number of nitrogens with zero attached hydrogens (tertiary/aromatic N) is 2. The zero-order chi connectivity index (χ0) is 85.4. The normalized spacial score (nSPS) is 11.3. The molecule has 0 aliphatic carbocycles. The van der Waals surface area contributed by atoms with Crippen molar-refractivity contribution in [1.29, 1.82) is 0 Å². The topological polar surface area (TPSA) is 364 Å². The highest BCUT2D eigenvalue weighted by molar-refractivity contribution is 6.01. The lowest BCUT2D eigenvalue weighted by Crippen LogP contribution is -2.30. The van der Waals surface area contributed by atoms with Crippen LogP contribution in [-0.4, -0.2) is 172 Å². The fourth-order valence-corrected chi connectivity index (χ4v) is 12.8. The highest BCUT2D eigenvalue weighted by atomic mass is 16.5. The largest absolute Gasteiger partial charge is 0.484 e. The molecule has 4 aromatic carbocycles. The number of aromatic nitrogens is 4. The zero-order valence-electron chi connectivity index (χ0n) is 70.6. The van der Waals surface area contributed by atoms with E-state index in [-0.39, 0.29) is 146 Å². The maximum Gasteiger partial charge on any atom is 0.257 e. The minimum absolute atomic E-state index is 0.221. The van der Waals surface area contributed by atoms with Gasteiger partial charge in [0.05, 0.1) is 22.8 Å². The molecule has 8 amide bonds. The Balaban J connectivity index is 1.42. The Morgan fingerprint density at radius 3 is 0.533 bits per heavy atom.